The summed E-state index contributed by atoms with van der Waals surface area (Å²) in [6.07, 6.45) is 0. The fraction of sp³-hybridized carbons (Fsp3) is 0. The minimum atomic E-state index is -5.36. The van der Waals surface area contributed by atoms with Gasteiger partial charge >= 0.3 is 98.3 Å². The first-order chi connectivity index (χ1) is 4.00. The minimum absolute atomic E-state index is 0. The van der Waals surface area contributed by atoms with E-state index in [1.807, 2.05) is 0 Å². The van der Waals surface area contributed by atoms with Crippen LogP contribution >= 0.6 is 0 Å². The van der Waals surface area contributed by atoms with Crippen LogP contribution in [-0.4, -0.2) is 54.2 Å². The molecule has 0 aromatic heterocycles. The molecular weight excluding hydrogens is 293 g/mol. The Morgan fingerprint density at radius 3 is 1.07 bits per heavy atom. The molecule has 0 heterocycles. The second-order valence-corrected chi connectivity index (χ2v) is 2.80. The minimum Gasteiger partial charge on any atom is -0.861 e. The topological polar surface area (TPSA) is 201 Å². The van der Waals surface area contributed by atoms with Crippen molar-refractivity contribution in [1.82, 2.24) is 0 Å². The van der Waals surface area contributed by atoms with Gasteiger partial charge in [-0.2, -0.15) is 0 Å². The monoisotopic (exact) mass is 296 g/mol. The molecule has 0 aliphatic heterocycles. The van der Waals surface area contributed by atoms with Crippen molar-refractivity contribution in [2.75, 3.05) is 0 Å². The molecule has 0 aromatic rings. The Bertz CT molecular complexity index is 160. The maximum Gasteiger partial charge on any atom is 3.00 e. The van der Waals surface area contributed by atoms with E-state index >= 15 is 0 Å². The van der Waals surface area contributed by atoms with Gasteiger partial charge in [0.2, 0.25) is 0 Å². The van der Waals surface area contributed by atoms with Crippen LogP contribution in [0.1, 0.15) is 0 Å². The molecule has 0 saturated carbocycles. The van der Waals surface area contributed by atoms with Crippen LogP contribution in [-0.2, 0) is 10.4 Å². The van der Waals surface area contributed by atoms with Crippen LogP contribution in [0.4, 0.5) is 0 Å². The first-order valence-corrected chi connectivity index (χ1v) is 4.51. The summed E-state index contributed by atoms with van der Waals surface area (Å²) in [6.45, 7) is 0. The molecule has 0 aliphatic rings. The van der Waals surface area contributed by atoms with Crippen molar-refractivity contribution >= 4 is 36.8 Å². The van der Waals surface area contributed by atoms with Crippen molar-refractivity contribution < 1.29 is 123 Å². The summed E-state index contributed by atoms with van der Waals surface area (Å²) in [6, 6.07) is 0. The first-order valence-electron chi connectivity index (χ1n) is 1.50. The van der Waals surface area contributed by atoms with Gasteiger partial charge < -0.3 is 33.8 Å². The summed E-state index contributed by atoms with van der Waals surface area (Å²) in [5.41, 5.74) is 0. The summed E-state index contributed by atoms with van der Waals surface area (Å²) >= 11 is 0. The van der Waals surface area contributed by atoms with E-state index in [1.54, 1.807) is 0 Å². The fourth-order valence-corrected chi connectivity index (χ4v) is 0. The van der Waals surface area contributed by atoms with Gasteiger partial charge in [-0.1, -0.05) is 0 Å². The Morgan fingerprint density at radius 2 is 1.07 bits per heavy atom. The van der Waals surface area contributed by atoms with Crippen LogP contribution in [0.25, 0.3) is 0 Å². The third-order valence-corrected chi connectivity index (χ3v) is 0. The van der Waals surface area contributed by atoms with Crippen LogP contribution in [0.5, 0.6) is 0 Å². The summed E-state index contributed by atoms with van der Waals surface area (Å²) in [4.78, 5) is 33.1. The van der Waals surface area contributed by atoms with Crippen LogP contribution in [0.15, 0.2) is 0 Å². The summed E-state index contributed by atoms with van der Waals surface area (Å²) in [7, 11) is -10.5. The molecule has 72 valence electrons. The van der Waals surface area contributed by atoms with E-state index in [-0.39, 0.29) is 104 Å². The molecule has 0 bridgehead atoms. The van der Waals surface area contributed by atoms with Crippen molar-refractivity contribution in [3.63, 3.8) is 0 Å². The van der Waals surface area contributed by atoms with Gasteiger partial charge in [-0.05, 0) is 0 Å². The van der Waals surface area contributed by atoms with Gasteiger partial charge in [0.15, 0.2) is 0 Å². The Balaban J connectivity index is -0.0000000178. The van der Waals surface area contributed by atoms with Gasteiger partial charge in [-0.3, -0.25) is 8.42 Å². The maximum absolute atomic E-state index is 8.69. The third-order valence-electron chi connectivity index (χ3n) is 0. The van der Waals surface area contributed by atoms with E-state index in [9.17, 15) is 0 Å². The molecule has 0 rings (SSSR count). The van der Waals surface area contributed by atoms with Crippen molar-refractivity contribution in [1.29, 1.82) is 0 Å². The second-order valence-electron chi connectivity index (χ2n) is 0.932. The maximum atomic E-state index is 8.69. The van der Waals surface area contributed by atoms with E-state index in [4.69, 9.17) is 36.7 Å². The predicted molar refractivity (Wildman–Crippen MR) is 27.8 cm³/mol. The molecule has 0 fully saturated rings. The molecule has 14 heteroatoms. The number of hydrogen-bond acceptors (Lipinski definition) is 8. The standard InChI is InChI=1S/Al.K.Na.H2O4S.HO4Si.H2O/c;;;2*1-5(2,3)4;/h;;;(H2,1,2,3,4);1H;1H2/q+3;2*+1;;-3;/p-2. The van der Waals surface area contributed by atoms with Gasteiger partial charge in [0.1, 0.15) is 0 Å². The number of hydrogen-bond donors (Lipinski definition) is 1. The molecule has 0 atom stereocenters. The molecule has 3 N–H and O–H groups in total. The quantitative estimate of drug-likeness (QED) is 0.257. The average molecular weight is 296 g/mol. The summed E-state index contributed by atoms with van der Waals surface area (Å²) in [5.74, 6) is 0. The van der Waals surface area contributed by atoms with Crippen LogP contribution in [0, 0.1) is 0 Å². The molecular formula is H3AlKNaO9SSi. The molecule has 9 nitrogen and oxygen atoms in total. The zero-order valence-electron chi connectivity index (χ0n) is 7.29. The smallest absolute Gasteiger partial charge is 0.861 e. The van der Waals surface area contributed by atoms with Crippen LogP contribution < -0.4 is 95.3 Å². The largest absolute Gasteiger partial charge is 3.00 e. The van der Waals surface area contributed by atoms with Crippen molar-refractivity contribution in [3.05, 3.63) is 0 Å². The molecule has 0 spiro atoms. The zero-order valence-corrected chi connectivity index (χ0v) is 15.4. The Kier molecular flexibility index (Phi) is 41.3. The van der Waals surface area contributed by atoms with Crippen LogP contribution in [0.3, 0.4) is 0 Å². The average Bonchev–Trinajstić information content (AvgIpc) is 1.12. The Hall–Kier alpha value is 3.06. The molecule has 0 amide bonds. The molecule has 0 radical (unpaired) electrons. The van der Waals surface area contributed by atoms with Crippen molar-refractivity contribution in [3.8, 4) is 0 Å². The van der Waals surface area contributed by atoms with E-state index in [0.717, 1.165) is 0 Å². The van der Waals surface area contributed by atoms with E-state index < -0.39 is 19.4 Å². The summed E-state index contributed by atoms with van der Waals surface area (Å²) in [5, 5.41) is 0. The van der Waals surface area contributed by atoms with E-state index in [2.05, 4.69) is 0 Å². The Morgan fingerprint density at radius 1 is 1.07 bits per heavy atom. The SMILES string of the molecule is O.O=S(=O)([O-])[O-].[Al+3].[K+].[Na+].[O-][Si]([O-])([O-])O. The van der Waals surface area contributed by atoms with Gasteiger partial charge in [0, 0.05) is 10.4 Å². The predicted octanol–water partition coefficient (Wildman–Crippen LogP) is -13.0. The van der Waals surface area contributed by atoms with Gasteiger partial charge in [0.05, 0.1) is 0 Å². The third kappa shape index (κ3) is 319. The number of rotatable bonds is 0. The summed E-state index contributed by atoms with van der Waals surface area (Å²) < 4.78 is 34.1. The zero-order chi connectivity index (χ0) is 9.00. The molecule has 0 saturated heterocycles. The molecule has 0 aromatic carbocycles. The molecule has 0 unspecified atom stereocenters. The van der Waals surface area contributed by atoms with Crippen molar-refractivity contribution in [2.45, 2.75) is 0 Å². The van der Waals surface area contributed by atoms with Crippen molar-refractivity contribution in [2.24, 2.45) is 0 Å². The fourth-order valence-electron chi connectivity index (χ4n) is 0. The second kappa shape index (κ2) is 16.1. The van der Waals surface area contributed by atoms with Gasteiger partial charge in [-0.25, -0.2) is 0 Å². The molecule has 14 heavy (non-hydrogen) atoms. The first kappa shape index (κ1) is 36.0. The van der Waals surface area contributed by atoms with Crippen LogP contribution in [0.2, 0.25) is 0 Å². The van der Waals surface area contributed by atoms with E-state index in [0.29, 0.717) is 0 Å². The normalized spacial score (nSPS) is 8.43. The molecule has 0 aliphatic carbocycles. The van der Waals surface area contributed by atoms with E-state index in [1.165, 1.54) is 0 Å². The Labute approximate surface area is 157 Å². The van der Waals surface area contributed by atoms with Gasteiger partial charge in [0.25, 0.3) is 0 Å². The van der Waals surface area contributed by atoms with Gasteiger partial charge in [-0.15, -0.1) is 9.05 Å².